The van der Waals surface area contributed by atoms with Crippen LogP contribution in [0.25, 0.3) is 0 Å². The molecule has 0 aliphatic carbocycles. The zero-order valence-electron chi connectivity index (χ0n) is 11.9. The van der Waals surface area contributed by atoms with Gasteiger partial charge in [0.15, 0.2) is 5.13 Å². The molecule has 7 heteroatoms. The van der Waals surface area contributed by atoms with Crippen LogP contribution < -0.4 is 10.6 Å². The SMILES string of the molecule is N#Cc1ccc(NC(=O)c2csc(Nc3ccccn3)n2)cc1. The summed E-state index contributed by atoms with van der Waals surface area (Å²) in [5, 5.41) is 16.8. The largest absolute Gasteiger partial charge is 0.321 e. The Morgan fingerprint density at radius 3 is 2.70 bits per heavy atom. The molecule has 1 amide bonds. The van der Waals surface area contributed by atoms with Gasteiger partial charge in [-0.1, -0.05) is 6.07 Å². The molecule has 0 radical (unpaired) electrons. The molecule has 23 heavy (non-hydrogen) atoms. The standard InChI is InChI=1S/C16H11N5OS/c17-9-11-4-6-12(7-5-11)19-15(22)13-10-23-16(20-13)21-14-3-1-2-8-18-14/h1-8,10H,(H,19,22)(H,18,20,21). The van der Waals surface area contributed by atoms with E-state index in [4.69, 9.17) is 5.26 Å². The number of benzene rings is 1. The van der Waals surface area contributed by atoms with Crippen molar-refractivity contribution in [1.82, 2.24) is 9.97 Å². The summed E-state index contributed by atoms with van der Waals surface area (Å²) >= 11 is 1.32. The van der Waals surface area contributed by atoms with Crippen molar-refractivity contribution in [2.45, 2.75) is 0 Å². The van der Waals surface area contributed by atoms with Gasteiger partial charge in [-0.05, 0) is 36.4 Å². The number of carbonyl (C=O) groups excluding carboxylic acids is 1. The number of hydrogen-bond acceptors (Lipinski definition) is 6. The molecular formula is C16H11N5OS. The van der Waals surface area contributed by atoms with E-state index in [1.165, 1.54) is 11.3 Å². The molecule has 0 saturated carbocycles. The van der Waals surface area contributed by atoms with Gasteiger partial charge < -0.3 is 10.6 Å². The van der Waals surface area contributed by atoms with Gasteiger partial charge in [0.05, 0.1) is 11.6 Å². The minimum absolute atomic E-state index is 0.306. The number of nitriles is 1. The van der Waals surface area contributed by atoms with Crippen LogP contribution in [0.1, 0.15) is 16.1 Å². The molecule has 0 aliphatic heterocycles. The summed E-state index contributed by atoms with van der Waals surface area (Å²) in [4.78, 5) is 20.5. The fraction of sp³-hybridized carbons (Fsp3) is 0. The van der Waals surface area contributed by atoms with E-state index < -0.39 is 0 Å². The lowest BCUT2D eigenvalue weighted by molar-refractivity contribution is 0.102. The number of nitrogens with one attached hydrogen (secondary N) is 2. The Morgan fingerprint density at radius 2 is 2.00 bits per heavy atom. The van der Waals surface area contributed by atoms with Crippen molar-refractivity contribution in [1.29, 1.82) is 5.26 Å². The maximum absolute atomic E-state index is 12.2. The van der Waals surface area contributed by atoms with Crippen molar-refractivity contribution in [2.75, 3.05) is 10.6 Å². The summed E-state index contributed by atoms with van der Waals surface area (Å²) in [6, 6.07) is 14.2. The van der Waals surface area contributed by atoms with Gasteiger partial charge in [0.1, 0.15) is 11.5 Å². The summed E-state index contributed by atoms with van der Waals surface area (Å²) in [6.07, 6.45) is 1.68. The molecule has 0 atom stereocenters. The molecule has 0 bridgehead atoms. The van der Waals surface area contributed by atoms with Crippen molar-refractivity contribution in [3.05, 3.63) is 65.3 Å². The first-order valence-corrected chi connectivity index (χ1v) is 7.57. The van der Waals surface area contributed by atoms with Crippen LogP contribution in [0.4, 0.5) is 16.6 Å². The van der Waals surface area contributed by atoms with Crippen LogP contribution in [0.2, 0.25) is 0 Å². The van der Waals surface area contributed by atoms with Crippen molar-refractivity contribution in [3.63, 3.8) is 0 Å². The van der Waals surface area contributed by atoms with E-state index in [0.717, 1.165) is 0 Å². The summed E-state index contributed by atoms with van der Waals surface area (Å²) in [5.41, 5.74) is 1.47. The first-order chi connectivity index (χ1) is 11.2. The lowest BCUT2D eigenvalue weighted by Crippen LogP contribution is -2.12. The fourth-order valence-electron chi connectivity index (χ4n) is 1.80. The Labute approximate surface area is 136 Å². The molecular weight excluding hydrogens is 310 g/mol. The van der Waals surface area contributed by atoms with Crippen LogP contribution in [0, 0.1) is 11.3 Å². The molecule has 0 fully saturated rings. The van der Waals surface area contributed by atoms with E-state index >= 15 is 0 Å². The Morgan fingerprint density at radius 1 is 1.17 bits per heavy atom. The third-order valence-electron chi connectivity index (χ3n) is 2.91. The second kappa shape index (κ2) is 6.68. The van der Waals surface area contributed by atoms with Gasteiger partial charge >= 0.3 is 0 Å². The topological polar surface area (TPSA) is 90.7 Å². The van der Waals surface area contributed by atoms with Crippen molar-refractivity contribution in [2.24, 2.45) is 0 Å². The number of pyridine rings is 1. The van der Waals surface area contributed by atoms with Gasteiger partial charge in [0.2, 0.25) is 0 Å². The molecule has 3 aromatic rings. The van der Waals surface area contributed by atoms with Crippen molar-refractivity contribution < 1.29 is 4.79 Å². The minimum Gasteiger partial charge on any atom is -0.321 e. The number of rotatable bonds is 4. The predicted octanol–water partition coefficient (Wildman–Crippen LogP) is 3.41. The van der Waals surface area contributed by atoms with Crippen LogP contribution >= 0.6 is 11.3 Å². The highest BCUT2D eigenvalue weighted by Crippen LogP contribution is 2.20. The second-order valence-corrected chi connectivity index (χ2v) is 5.38. The molecule has 2 heterocycles. The quantitative estimate of drug-likeness (QED) is 0.768. The van der Waals surface area contributed by atoms with Gasteiger partial charge in [-0.15, -0.1) is 11.3 Å². The Bertz CT molecular complexity index is 852. The summed E-state index contributed by atoms with van der Waals surface area (Å²) in [5.74, 6) is 0.362. The third-order valence-corrected chi connectivity index (χ3v) is 3.67. The fourth-order valence-corrected chi connectivity index (χ4v) is 2.50. The first kappa shape index (κ1) is 14.7. The van der Waals surface area contributed by atoms with Crippen LogP contribution in [0.15, 0.2) is 54.0 Å². The number of hydrogen-bond donors (Lipinski definition) is 2. The van der Waals surface area contributed by atoms with Gasteiger partial charge in [-0.2, -0.15) is 5.26 Å². The van der Waals surface area contributed by atoms with Crippen LogP contribution in [-0.4, -0.2) is 15.9 Å². The first-order valence-electron chi connectivity index (χ1n) is 6.70. The molecule has 0 aliphatic rings. The monoisotopic (exact) mass is 321 g/mol. The van der Waals surface area contributed by atoms with Crippen molar-refractivity contribution >= 4 is 33.9 Å². The van der Waals surface area contributed by atoms with E-state index in [1.54, 1.807) is 35.8 Å². The van der Waals surface area contributed by atoms with E-state index in [-0.39, 0.29) is 5.91 Å². The number of aromatic nitrogens is 2. The molecule has 3 rings (SSSR count). The van der Waals surface area contributed by atoms with E-state index in [2.05, 4.69) is 20.6 Å². The van der Waals surface area contributed by atoms with Gasteiger partial charge in [-0.25, -0.2) is 9.97 Å². The smallest absolute Gasteiger partial charge is 0.275 e. The average molecular weight is 321 g/mol. The molecule has 0 saturated heterocycles. The van der Waals surface area contributed by atoms with E-state index in [9.17, 15) is 4.79 Å². The van der Waals surface area contributed by atoms with Gasteiger partial charge in [0.25, 0.3) is 5.91 Å². The van der Waals surface area contributed by atoms with Gasteiger partial charge in [-0.3, -0.25) is 4.79 Å². The third kappa shape index (κ3) is 3.70. The number of nitrogens with zero attached hydrogens (tertiary/aromatic N) is 3. The van der Waals surface area contributed by atoms with Crippen LogP contribution in [-0.2, 0) is 0 Å². The summed E-state index contributed by atoms with van der Waals surface area (Å²) in [7, 11) is 0. The molecule has 1 aromatic carbocycles. The molecule has 2 N–H and O–H groups in total. The predicted molar refractivity (Wildman–Crippen MR) is 88.7 cm³/mol. The molecule has 112 valence electrons. The number of thiazole rings is 1. The zero-order valence-corrected chi connectivity index (χ0v) is 12.7. The maximum Gasteiger partial charge on any atom is 0.275 e. The number of carbonyl (C=O) groups is 1. The van der Waals surface area contributed by atoms with Crippen molar-refractivity contribution in [3.8, 4) is 6.07 Å². The average Bonchev–Trinajstić information content (AvgIpc) is 3.05. The normalized spacial score (nSPS) is 9.87. The highest BCUT2D eigenvalue weighted by Gasteiger charge is 2.11. The lowest BCUT2D eigenvalue weighted by Gasteiger charge is -2.03. The highest BCUT2D eigenvalue weighted by atomic mass is 32.1. The Hall–Kier alpha value is -3.24. The summed E-state index contributed by atoms with van der Waals surface area (Å²) in [6.45, 7) is 0. The maximum atomic E-state index is 12.2. The molecule has 6 nitrogen and oxygen atoms in total. The second-order valence-electron chi connectivity index (χ2n) is 4.52. The number of amides is 1. The minimum atomic E-state index is -0.306. The Kier molecular flexibility index (Phi) is 4.27. The van der Waals surface area contributed by atoms with E-state index in [0.29, 0.717) is 27.9 Å². The van der Waals surface area contributed by atoms with Crippen LogP contribution in [0.3, 0.4) is 0 Å². The molecule has 2 aromatic heterocycles. The number of anilines is 3. The van der Waals surface area contributed by atoms with E-state index in [1.807, 2.05) is 24.3 Å². The highest BCUT2D eigenvalue weighted by molar-refractivity contribution is 7.14. The van der Waals surface area contributed by atoms with Gasteiger partial charge in [0, 0.05) is 17.3 Å². The zero-order chi connectivity index (χ0) is 16.1. The Balaban J connectivity index is 1.67. The van der Waals surface area contributed by atoms with Crippen LogP contribution in [0.5, 0.6) is 0 Å². The lowest BCUT2D eigenvalue weighted by atomic mass is 10.2. The summed E-state index contributed by atoms with van der Waals surface area (Å²) < 4.78 is 0. The molecule has 0 spiro atoms. The molecule has 0 unspecified atom stereocenters.